The van der Waals surface area contributed by atoms with Gasteiger partial charge >= 0.3 is 12.0 Å². The molecule has 0 saturated carbocycles. The molecular formula is C13H19N3O4S. The van der Waals surface area contributed by atoms with E-state index < -0.39 is 5.97 Å². The molecule has 0 aromatic carbocycles. The van der Waals surface area contributed by atoms with Gasteiger partial charge in [0.1, 0.15) is 9.88 Å². The number of nitrogens with zero attached hydrogens (tertiary/aromatic N) is 2. The number of carbonyl (C=O) groups is 2. The zero-order valence-electron chi connectivity index (χ0n) is 12.1. The van der Waals surface area contributed by atoms with Gasteiger partial charge in [-0.15, -0.1) is 11.3 Å². The molecule has 1 fully saturated rings. The van der Waals surface area contributed by atoms with Crippen LogP contribution in [0.1, 0.15) is 33.2 Å². The number of carboxylic acid groups (broad SMARTS) is 1. The molecule has 0 spiro atoms. The third-order valence-corrected chi connectivity index (χ3v) is 4.42. The number of thiazole rings is 1. The van der Waals surface area contributed by atoms with Crippen molar-refractivity contribution >= 4 is 23.3 Å². The van der Waals surface area contributed by atoms with E-state index in [9.17, 15) is 9.59 Å². The molecule has 116 valence electrons. The second-order valence-electron chi connectivity index (χ2n) is 5.00. The van der Waals surface area contributed by atoms with Crippen LogP contribution in [0, 0.1) is 6.92 Å². The van der Waals surface area contributed by atoms with Crippen LogP contribution in [0.5, 0.6) is 0 Å². The predicted octanol–water partition coefficient (Wildman–Crippen LogP) is 1.47. The van der Waals surface area contributed by atoms with Gasteiger partial charge in [0.2, 0.25) is 0 Å². The molecular weight excluding hydrogens is 294 g/mol. The zero-order valence-corrected chi connectivity index (χ0v) is 12.9. The molecule has 2 amide bonds. The number of hydrogen-bond donors (Lipinski definition) is 2. The van der Waals surface area contributed by atoms with Crippen molar-refractivity contribution < 1.29 is 19.4 Å². The van der Waals surface area contributed by atoms with E-state index in [0.717, 1.165) is 30.8 Å². The Morgan fingerprint density at radius 3 is 2.90 bits per heavy atom. The number of aromatic carboxylic acids is 1. The number of ether oxygens (including phenoxy) is 1. The summed E-state index contributed by atoms with van der Waals surface area (Å²) < 4.78 is 5.48. The van der Waals surface area contributed by atoms with Gasteiger partial charge in [-0.3, -0.25) is 0 Å². The molecule has 1 aliphatic heterocycles. The van der Waals surface area contributed by atoms with Crippen molar-refractivity contribution in [2.75, 3.05) is 20.2 Å². The SMILES string of the molecule is Cc1nc(CNC(=O)N(C)CC2CCCO2)sc1C(=O)O. The average Bonchev–Trinajstić information content (AvgIpc) is 3.05. The number of hydrogen-bond acceptors (Lipinski definition) is 5. The van der Waals surface area contributed by atoms with E-state index in [1.807, 2.05) is 0 Å². The Labute approximate surface area is 126 Å². The van der Waals surface area contributed by atoms with E-state index in [4.69, 9.17) is 9.84 Å². The number of rotatable bonds is 5. The standard InChI is InChI=1S/C13H19N3O4S/c1-8-11(12(17)18)21-10(15-8)6-14-13(19)16(2)7-9-4-3-5-20-9/h9H,3-7H2,1-2H3,(H,14,19)(H,17,18). The zero-order chi connectivity index (χ0) is 15.4. The minimum absolute atomic E-state index is 0.112. The minimum atomic E-state index is -0.988. The third kappa shape index (κ3) is 4.15. The number of urea groups is 1. The van der Waals surface area contributed by atoms with Crippen molar-refractivity contribution in [2.24, 2.45) is 0 Å². The number of nitrogens with one attached hydrogen (secondary N) is 1. The molecule has 2 heterocycles. The number of likely N-dealkylation sites (N-methyl/N-ethyl adjacent to an activating group) is 1. The Morgan fingerprint density at radius 1 is 1.57 bits per heavy atom. The molecule has 1 aromatic rings. The average molecular weight is 313 g/mol. The molecule has 1 aromatic heterocycles. The maximum absolute atomic E-state index is 11.9. The Kier molecular flexibility index (Phi) is 5.13. The van der Waals surface area contributed by atoms with E-state index in [1.165, 1.54) is 0 Å². The van der Waals surface area contributed by atoms with Crippen LogP contribution in [-0.4, -0.2) is 53.3 Å². The van der Waals surface area contributed by atoms with Crippen LogP contribution in [0.25, 0.3) is 0 Å². The van der Waals surface area contributed by atoms with Crippen LogP contribution in [0.15, 0.2) is 0 Å². The number of carboxylic acids is 1. The van der Waals surface area contributed by atoms with Crippen LogP contribution in [0.4, 0.5) is 4.79 Å². The molecule has 21 heavy (non-hydrogen) atoms. The fourth-order valence-electron chi connectivity index (χ4n) is 2.19. The smallest absolute Gasteiger partial charge is 0.347 e. The summed E-state index contributed by atoms with van der Waals surface area (Å²) in [6.07, 6.45) is 2.13. The summed E-state index contributed by atoms with van der Waals surface area (Å²) in [6.45, 7) is 3.20. The number of carbonyl (C=O) groups excluding carboxylic acids is 1. The lowest BCUT2D eigenvalue weighted by atomic mass is 10.2. The van der Waals surface area contributed by atoms with E-state index in [-0.39, 0.29) is 23.6 Å². The van der Waals surface area contributed by atoms with E-state index in [1.54, 1.807) is 18.9 Å². The highest BCUT2D eigenvalue weighted by atomic mass is 32.1. The highest BCUT2D eigenvalue weighted by Gasteiger charge is 2.20. The van der Waals surface area contributed by atoms with Crippen LogP contribution in [0.3, 0.4) is 0 Å². The van der Waals surface area contributed by atoms with Gasteiger partial charge < -0.3 is 20.1 Å². The Bertz CT molecular complexity index is 525. The van der Waals surface area contributed by atoms with Crippen LogP contribution in [0.2, 0.25) is 0 Å². The molecule has 7 nitrogen and oxygen atoms in total. The molecule has 0 radical (unpaired) electrons. The molecule has 8 heteroatoms. The summed E-state index contributed by atoms with van der Waals surface area (Å²) in [5, 5.41) is 12.3. The Morgan fingerprint density at radius 2 is 2.33 bits per heavy atom. The fourth-order valence-corrected chi connectivity index (χ4v) is 3.03. The van der Waals surface area contributed by atoms with Crippen molar-refractivity contribution in [1.29, 1.82) is 0 Å². The Balaban J connectivity index is 1.82. The summed E-state index contributed by atoms with van der Waals surface area (Å²) in [5.41, 5.74) is 0.476. The number of aryl methyl sites for hydroxylation is 1. The normalized spacial score (nSPS) is 17.7. The van der Waals surface area contributed by atoms with Gasteiger partial charge in [-0.1, -0.05) is 0 Å². The first-order chi connectivity index (χ1) is 9.97. The monoisotopic (exact) mass is 313 g/mol. The molecule has 0 bridgehead atoms. The molecule has 2 N–H and O–H groups in total. The first-order valence-corrected chi connectivity index (χ1v) is 7.59. The van der Waals surface area contributed by atoms with Crippen molar-refractivity contribution in [2.45, 2.75) is 32.4 Å². The summed E-state index contributed by atoms with van der Waals surface area (Å²) in [5.74, 6) is -0.988. The lowest BCUT2D eigenvalue weighted by Crippen LogP contribution is -2.40. The summed E-state index contributed by atoms with van der Waals surface area (Å²) >= 11 is 1.09. The van der Waals surface area contributed by atoms with Crippen molar-refractivity contribution in [3.05, 3.63) is 15.6 Å². The molecule has 1 aliphatic rings. The molecule has 1 unspecified atom stereocenters. The van der Waals surface area contributed by atoms with Crippen molar-refractivity contribution in [1.82, 2.24) is 15.2 Å². The van der Waals surface area contributed by atoms with Gasteiger partial charge in [0.25, 0.3) is 0 Å². The number of aromatic nitrogens is 1. The lowest BCUT2D eigenvalue weighted by Gasteiger charge is -2.20. The van der Waals surface area contributed by atoms with Gasteiger partial charge in [0, 0.05) is 20.2 Å². The van der Waals surface area contributed by atoms with Crippen molar-refractivity contribution in [3.63, 3.8) is 0 Å². The molecule has 1 saturated heterocycles. The van der Waals surface area contributed by atoms with E-state index >= 15 is 0 Å². The lowest BCUT2D eigenvalue weighted by molar-refractivity contribution is 0.0701. The highest BCUT2D eigenvalue weighted by Crippen LogP contribution is 2.18. The van der Waals surface area contributed by atoms with Gasteiger partial charge in [-0.25, -0.2) is 14.6 Å². The van der Waals surface area contributed by atoms with Gasteiger partial charge in [-0.2, -0.15) is 0 Å². The van der Waals surface area contributed by atoms with Crippen LogP contribution in [-0.2, 0) is 11.3 Å². The highest BCUT2D eigenvalue weighted by molar-refractivity contribution is 7.13. The summed E-state index contributed by atoms with van der Waals surface area (Å²) in [6, 6.07) is -0.213. The predicted molar refractivity (Wildman–Crippen MR) is 77.7 cm³/mol. The molecule has 0 aliphatic carbocycles. The van der Waals surface area contributed by atoms with Crippen LogP contribution >= 0.6 is 11.3 Å². The van der Waals surface area contributed by atoms with Gasteiger partial charge in [0.15, 0.2) is 0 Å². The van der Waals surface area contributed by atoms with Gasteiger partial charge in [-0.05, 0) is 19.8 Å². The fraction of sp³-hybridized carbons (Fsp3) is 0.615. The first kappa shape index (κ1) is 15.7. The van der Waals surface area contributed by atoms with E-state index in [0.29, 0.717) is 17.2 Å². The minimum Gasteiger partial charge on any atom is -0.477 e. The third-order valence-electron chi connectivity index (χ3n) is 3.27. The summed E-state index contributed by atoms with van der Waals surface area (Å²) in [4.78, 5) is 28.8. The van der Waals surface area contributed by atoms with E-state index in [2.05, 4.69) is 10.3 Å². The van der Waals surface area contributed by atoms with Crippen molar-refractivity contribution in [3.8, 4) is 0 Å². The summed E-state index contributed by atoms with van der Waals surface area (Å²) in [7, 11) is 1.72. The van der Waals surface area contributed by atoms with Crippen LogP contribution < -0.4 is 5.32 Å². The molecule has 1 atom stereocenters. The number of amides is 2. The largest absolute Gasteiger partial charge is 0.477 e. The second-order valence-corrected chi connectivity index (χ2v) is 6.09. The maximum atomic E-state index is 11.9. The second kappa shape index (κ2) is 6.86. The van der Waals surface area contributed by atoms with Gasteiger partial charge in [0.05, 0.1) is 18.3 Å². The maximum Gasteiger partial charge on any atom is 0.347 e. The molecule has 2 rings (SSSR count). The Hall–Kier alpha value is -1.67. The quantitative estimate of drug-likeness (QED) is 0.859. The first-order valence-electron chi connectivity index (χ1n) is 6.77. The topological polar surface area (TPSA) is 91.8 Å².